The van der Waals surface area contributed by atoms with E-state index in [4.69, 9.17) is 19.7 Å². The number of rotatable bonds is 7. The predicted octanol–water partition coefficient (Wildman–Crippen LogP) is 1.46. The highest BCUT2D eigenvalue weighted by molar-refractivity contribution is 5.57. The third-order valence-electron chi connectivity index (χ3n) is 5.95. The number of aliphatic hydroxyl groups is 2. The summed E-state index contributed by atoms with van der Waals surface area (Å²) in [4.78, 5) is 0. The zero-order valence-corrected chi connectivity index (χ0v) is 19.2. The van der Waals surface area contributed by atoms with Gasteiger partial charge >= 0.3 is 0 Å². The second-order valence-corrected chi connectivity index (χ2v) is 9.02. The van der Waals surface area contributed by atoms with E-state index in [1.807, 2.05) is 0 Å². The molecular formula is C22H26F3N5O5. The molecule has 1 aliphatic heterocycles. The average Bonchev–Trinajstić information content (AvgIpc) is 3.47. The molecule has 1 aliphatic rings. The van der Waals surface area contributed by atoms with Crippen LogP contribution in [0.15, 0.2) is 28.9 Å². The lowest BCUT2D eigenvalue weighted by atomic mass is 9.90. The van der Waals surface area contributed by atoms with Crippen LogP contribution in [0.4, 0.5) is 13.2 Å². The van der Waals surface area contributed by atoms with Gasteiger partial charge in [0.2, 0.25) is 0 Å². The molecule has 0 spiro atoms. The van der Waals surface area contributed by atoms with Gasteiger partial charge in [-0.1, -0.05) is 10.4 Å². The highest BCUT2D eigenvalue weighted by atomic mass is 19.2. The van der Waals surface area contributed by atoms with Crippen molar-refractivity contribution >= 4 is 0 Å². The zero-order valence-electron chi connectivity index (χ0n) is 19.2. The lowest BCUT2D eigenvalue weighted by Gasteiger charge is -2.43. The molecule has 0 saturated carbocycles. The van der Waals surface area contributed by atoms with Gasteiger partial charge in [-0.25, -0.2) is 17.9 Å². The van der Waals surface area contributed by atoms with Gasteiger partial charge in [-0.05, 0) is 26.0 Å². The van der Waals surface area contributed by atoms with Crippen LogP contribution in [0.25, 0.3) is 11.3 Å². The second kappa shape index (κ2) is 9.66. The molecule has 10 nitrogen and oxygen atoms in total. The number of ether oxygens (including phenoxy) is 2. The van der Waals surface area contributed by atoms with Crippen molar-refractivity contribution in [3.8, 4) is 11.3 Å². The van der Waals surface area contributed by atoms with Crippen molar-refractivity contribution in [2.75, 3.05) is 13.7 Å². The fourth-order valence-electron chi connectivity index (χ4n) is 4.10. The molecule has 4 N–H and O–H groups in total. The van der Waals surface area contributed by atoms with Crippen molar-refractivity contribution in [2.24, 2.45) is 5.73 Å². The van der Waals surface area contributed by atoms with Gasteiger partial charge in [-0.3, -0.25) is 0 Å². The van der Waals surface area contributed by atoms with Crippen LogP contribution in [-0.2, 0) is 21.4 Å². The van der Waals surface area contributed by atoms with Gasteiger partial charge in [0.25, 0.3) is 0 Å². The number of hydrogen-bond acceptors (Lipinski definition) is 9. The topological polar surface area (TPSA) is 142 Å². The Hall–Kier alpha value is -2.84. The Bertz CT molecular complexity index is 1160. The third kappa shape index (κ3) is 4.95. The normalized spacial score (nSPS) is 25.2. The molecule has 0 radical (unpaired) electrons. The molecule has 2 aromatic heterocycles. The van der Waals surface area contributed by atoms with Crippen molar-refractivity contribution < 1.29 is 37.4 Å². The number of nitrogens with two attached hydrogens (primary N) is 1. The molecule has 1 fully saturated rings. The van der Waals surface area contributed by atoms with Gasteiger partial charge in [0, 0.05) is 25.2 Å². The molecule has 5 atom stereocenters. The molecule has 0 bridgehead atoms. The van der Waals surface area contributed by atoms with Gasteiger partial charge in [-0.2, -0.15) is 0 Å². The summed E-state index contributed by atoms with van der Waals surface area (Å²) in [6.07, 6.45) is -2.27. The number of nitrogens with zero attached hydrogens (tertiary/aromatic N) is 4. The summed E-state index contributed by atoms with van der Waals surface area (Å²) in [5.74, 6) is -3.89. The molecule has 1 saturated heterocycles. The van der Waals surface area contributed by atoms with Crippen molar-refractivity contribution in [1.29, 1.82) is 0 Å². The molecule has 0 aliphatic carbocycles. The molecule has 4 rings (SSSR count). The van der Waals surface area contributed by atoms with E-state index in [1.54, 1.807) is 19.9 Å². The van der Waals surface area contributed by atoms with Crippen molar-refractivity contribution in [1.82, 2.24) is 20.2 Å². The largest absolute Gasteiger partial charge is 0.394 e. The lowest BCUT2D eigenvalue weighted by Crippen LogP contribution is -2.57. The SMILES string of the molecule is CO[C@@H]1[C@@H](n2cc(-c3cc(F)c(F)c(F)c3)nn2)[C@@H](O)[C@@H](CO)O[C@@H]1Cc1cc(C(C)(C)N)no1. The second-order valence-electron chi connectivity index (χ2n) is 9.02. The van der Waals surface area contributed by atoms with Crippen LogP contribution in [0.2, 0.25) is 0 Å². The van der Waals surface area contributed by atoms with Crippen LogP contribution in [0.5, 0.6) is 0 Å². The van der Waals surface area contributed by atoms with Crippen LogP contribution in [0, 0.1) is 17.5 Å². The summed E-state index contributed by atoms with van der Waals surface area (Å²) in [7, 11) is 1.41. The van der Waals surface area contributed by atoms with Gasteiger partial charge < -0.3 is 29.9 Å². The van der Waals surface area contributed by atoms with Gasteiger partial charge in [0.1, 0.15) is 41.5 Å². The summed E-state index contributed by atoms with van der Waals surface area (Å²) in [5, 5.41) is 32.6. The van der Waals surface area contributed by atoms with E-state index in [9.17, 15) is 23.4 Å². The summed E-state index contributed by atoms with van der Waals surface area (Å²) in [5.41, 5.74) is 5.87. The van der Waals surface area contributed by atoms with Gasteiger partial charge in [-0.15, -0.1) is 5.10 Å². The van der Waals surface area contributed by atoms with Crippen molar-refractivity contribution in [3.63, 3.8) is 0 Å². The minimum Gasteiger partial charge on any atom is -0.394 e. The zero-order chi connectivity index (χ0) is 25.5. The smallest absolute Gasteiger partial charge is 0.194 e. The molecule has 0 unspecified atom stereocenters. The van der Waals surface area contributed by atoms with E-state index in [2.05, 4.69) is 15.5 Å². The van der Waals surface area contributed by atoms with Gasteiger partial charge in [0.15, 0.2) is 17.5 Å². The number of aromatic nitrogens is 4. The monoisotopic (exact) mass is 497 g/mol. The molecule has 3 heterocycles. The van der Waals surface area contributed by atoms with Crippen LogP contribution in [-0.4, -0.2) is 68.5 Å². The Balaban J connectivity index is 1.65. The number of halogens is 3. The standard InChI is InChI=1S/C22H26F3N5O5/c1-22(2,26)17-7-11(35-28-17)6-15-21(33-3)19(20(32)16(9-31)34-15)30-8-14(27-29-30)10-4-12(23)18(25)13(24)5-10/h4-5,7-8,15-16,19-21,31-32H,6,9,26H2,1-3H3/t15-,16-,19+,20+,21+/m1/s1. The van der Waals surface area contributed by atoms with Crippen LogP contribution in [0.1, 0.15) is 31.3 Å². The fourth-order valence-corrected chi connectivity index (χ4v) is 4.10. The maximum absolute atomic E-state index is 13.7. The first-order valence-electron chi connectivity index (χ1n) is 10.8. The van der Waals surface area contributed by atoms with E-state index in [1.165, 1.54) is 18.0 Å². The highest BCUT2D eigenvalue weighted by Crippen LogP contribution is 2.34. The molecule has 190 valence electrons. The quantitative estimate of drug-likeness (QED) is 0.414. The first kappa shape index (κ1) is 25.3. The van der Waals surface area contributed by atoms with Crippen molar-refractivity contribution in [2.45, 2.75) is 56.3 Å². The van der Waals surface area contributed by atoms with Crippen LogP contribution < -0.4 is 5.73 Å². The lowest BCUT2D eigenvalue weighted by molar-refractivity contribution is -0.212. The summed E-state index contributed by atoms with van der Waals surface area (Å²) in [6.45, 7) is 3.05. The first-order valence-corrected chi connectivity index (χ1v) is 10.8. The predicted molar refractivity (Wildman–Crippen MR) is 114 cm³/mol. The Morgan fingerprint density at radius 2 is 1.86 bits per heavy atom. The van der Waals surface area contributed by atoms with E-state index in [-0.39, 0.29) is 17.7 Å². The maximum Gasteiger partial charge on any atom is 0.194 e. The summed E-state index contributed by atoms with van der Waals surface area (Å²) >= 11 is 0. The van der Waals surface area contributed by atoms with E-state index in [0.717, 1.165) is 12.1 Å². The molecule has 35 heavy (non-hydrogen) atoms. The molecule has 13 heteroatoms. The minimum absolute atomic E-state index is 0.0403. The Labute approximate surface area is 198 Å². The maximum atomic E-state index is 13.7. The highest BCUT2D eigenvalue weighted by Gasteiger charge is 2.47. The van der Waals surface area contributed by atoms with Crippen LogP contribution in [0.3, 0.4) is 0 Å². The molecular weight excluding hydrogens is 471 g/mol. The number of methoxy groups -OCH3 is 1. The molecule has 3 aromatic rings. The fraction of sp³-hybridized carbons (Fsp3) is 0.500. The van der Waals surface area contributed by atoms with E-state index >= 15 is 0 Å². The van der Waals surface area contributed by atoms with E-state index in [0.29, 0.717) is 11.5 Å². The number of benzene rings is 1. The summed E-state index contributed by atoms with van der Waals surface area (Å²) < 4.78 is 58.9. The van der Waals surface area contributed by atoms with Gasteiger partial charge in [0.05, 0.1) is 24.4 Å². The van der Waals surface area contributed by atoms with Crippen LogP contribution >= 0.6 is 0 Å². The average molecular weight is 497 g/mol. The number of hydrogen-bond donors (Lipinski definition) is 3. The third-order valence-corrected chi connectivity index (χ3v) is 5.95. The Morgan fingerprint density at radius 1 is 1.17 bits per heavy atom. The summed E-state index contributed by atoms with van der Waals surface area (Å²) in [6, 6.07) is 2.37. The Kier molecular flexibility index (Phi) is 6.97. The first-order chi connectivity index (χ1) is 16.5. The molecule has 1 aromatic carbocycles. The number of aliphatic hydroxyl groups excluding tert-OH is 2. The van der Waals surface area contributed by atoms with Crippen molar-refractivity contribution in [3.05, 3.63) is 53.3 Å². The minimum atomic E-state index is -1.59. The van der Waals surface area contributed by atoms with E-state index < -0.39 is 60.1 Å². The molecule has 0 amide bonds. The Morgan fingerprint density at radius 3 is 2.43 bits per heavy atom.